The maximum atomic E-state index is 12.4. The average molecular weight is 295 g/mol. The molecular formula is C14H12F3N3O. The van der Waals surface area contributed by atoms with Crippen molar-refractivity contribution in [2.75, 3.05) is 10.6 Å². The number of aromatic nitrogens is 1. The fraction of sp³-hybridized carbons (Fsp3) is 0.143. The smallest absolute Gasteiger partial charge is 0.308 e. The van der Waals surface area contributed by atoms with Crippen molar-refractivity contribution in [2.45, 2.75) is 13.1 Å². The van der Waals surface area contributed by atoms with Crippen LogP contribution in [-0.2, 0) is 6.18 Å². The molecule has 0 radical (unpaired) electrons. The van der Waals surface area contributed by atoms with Crippen LogP contribution in [0.2, 0.25) is 0 Å². The number of amides is 2. The van der Waals surface area contributed by atoms with Gasteiger partial charge in [-0.25, -0.2) is 9.78 Å². The van der Waals surface area contributed by atoms with Crippen molar-refractivity contribution in [2.24, 2.45) is 0 Å². The standard InChI is InChI=1S/C14H12F3N3O/c1-9-3-2-4-12(18-9)20-13(21)19-11-7-5-10(6-8-11)14(15,16)17/h2-8H,1H3,(H2,18,19,20,21). The lowest BCUT2D eigenvalue weighted by Gasteiger charge is -2.09. The molecule has 2 N–H and O–H groups in total. The molecule has 1 aromatic heterocycles. The number of hydrogen-bond donors (Lipinski definition) is 2. The molecule has 0 aliphatic carbocycles. The summed E-state index contributed by atoms with van der Waals surface area (Å²) in [5.74, 6) is 0.361. The summed E-state index contributed by atoms with van der Waals surface area (Å²) in [7, 11) is 0. The van der Waals surface area contributed by atoms with Crippen molar-refractivity contribution in [3.63, 3.8) is 0 Å². The number of alkyl halides is 3. The molecule has 110 valence electrons. The summed E-state index contributed by atoms with van der Waals surface area (Å²) in [5.41, 5.74) is 0.226. The van der Waals surface area contributed by atoms with Crippen LogP contribution in [0, 0.1) is 6.92 Å². The Bertz CT molecular complexity index is 639. The Morgan fingerprint density at radius 1 is 1.05 bits per heavy atom. The van der Waals surface area contributed by atoms with Gasteiger partial charge in [-0.15, -0.1) is 0 Å². The number of urea groups is 1. The predicted molar refractivity (Wildman–Crippen MR) is 73.1 cm³/mol. The van der Waals surface area contributed by atoms with E-state index in [1.165, 1.54) is 12.1 Å². The molecule has 21 heavy (non-hydrogen) atoms. The van der Waals surface area contributed by atoms with Crippen LogP contribution in [0.15, 0.2) is 42.5 Å². The zero-order valence-corrected chi connectivity index (χ0v) is 11.0. The number of rotatable bonds is 2. The first-order chi connectivity index (χ1) is 9.84. The van der Waals surface area contributed by atoms with Crippen LogP contribution in [0.1, 0.15) is 11.3 Å². The van der Waals surface area contributed by atoms with Gasteiger partial charge < -0.3 is 5.32 Å². The number of aryl methyl sites for hydroxylation is 1. The molecule has 0 aliphatic rings. The van der Waals surface area contributed by atoms with Gasteiger partial charge >= 0.3 is 12.2 Å². The van der Waals surface area contributed by atoms with Crippen molar-refractivity contribution in [3.05, 3.63) is 53.7 Å². The van der Waals surface area contributed by atoms with E-state index in [0.717, 1.165) is 17.8 Å². The molecule has 1 heterocycles. The van der Waals surface area contributed by atoms with Crippen LogP contribution in [0.3, 0.4) is 0 Å². The monoisotopic (exact) mass is 295 g/mol. The van der Waals surface area contributed by atoms with Crippen LogP contribution in [0.25, 0.3) is 0 Å². The van der Waals surface area contributed by atoms with E-state index in [0.29, 0.717) is 5.82 Å². The molecule has 2 aromatic rings. The van der Waals surface area contributed by atoms with E-state index >= 15 is 0 Å². The largest absolute Gasteiger partial charge is 0.416 e. The lowest BCUT2D eigenvalue weighted by atomic mass is 10.2. The summed E-state index contributed by atoms with van der Waals surface area (Å²) in [6, 6.07) is 8.72. The van der Waals surface area contributed by atoms with Gasteiger partial charge in [0.25, 0.3) is 0 Å². The van der Waals surface area contributed by atoms with Crippen LogP contribution in [0.4, 0.5) is 29.5 Å². The van der Waals surface area contributed by atoms with E-state index in [9.17, 15) is 18.0 Å². The van der Waals surface area contributed by atoms with Gasteiger partial charge in [0.2, 0.25) is 0 Å². The predicted octanol–water partition coefficient (Wildman–Crippen LogP) is 4.05. The van der Waals surface area contributed by atoms with Gasteiger partial charge in [0.1, 0.15) is 5.82 Å². The number of anilines is 2. The van der Waals surface area contributed by atoms with Crippen molar-refractivity contribution >= 4 is 17.5 Å². The summed E-state index contributed by atoms with van der Waals surface area (Å²) in [6.07, 6.45) is -4.40. The Morgan fingerprint density at radius 3 is 2.29 bits per heavy atom. The van der Waals surface area contributed by atoms with Crippen molar-refractivity contribution < 1.29 is 18.0 Å². The number of carbonyl (C=O) groups is 1. The minimum absolute atomic E-state index is 0.258. The van der Waals surface area contributed by atoms with Gasteiger partial charge in [0.05, 0.1) is 5.56 Å². The van der Waals surface area contributed by atoms with Crippen LogP contribution < -0.4 is 10.6 Å². The van der Waals surface area contributed by atoms with Crippen molar-refractivity contribution in [1.29, 1.82) is 0 Å². The van der Waals surface area contributed by atoms with Gasteiger partial charge in [-0.1, -0.05) is 6.07 Å². The number of benzene rings is 1. The molecule has 1 aromatic carbocycles. The Labute approximate surface area is 119 Å². The molecule has 2 rings (SSSR count). The summed E-state index contributed by atoms with van der Waals surface area (Å²) >= 11 is 0. The Hall–Kier alpha value is -2.57. The highest BCUT2D eigenvalue weighted by Crippen LogP contribution is 2.29. The van der Waals surface area contributed by atoms with E-state index < -0.39 is 17.8 Å². The van der Waals surface area contributed by atoms with E-state index in [-0.39, 0.29) is 5.69 Å². The minimum atomic E-state index is -4.40. The van der Waals surface area contributed by atoms with E-state index in [2.05, 4.69) is 15.6 Å². The zero-order chi connectivity index (χ0) is 15.5. The molecule has 7 heteroatoms. The number of nitrogens with zero attached hydrogens (tertiary/aromatic N) is 1. The summed E-state index contributed by atoms with van der Waals surface area (Å²) in [6.45, 7) is 1.78. The lowest BCUT2D eigenvalue weighted by molar-refractivity contribution is -0.137. The minimum Gasteiger partial charge on any atom is -0.308 e. The summed E-state index contributed by atoms with van der Waals surface area (Å²) < 4.78 is 37.2. The molecule has 0 saturated carbocycles. The first-order valence-electron chi connectivity index (χ1n) is 6.03. The van der Waals surface area contributed by atoms with Gasteiger partial charge in [-0.05, 0) is 43.3 Å². The first kappa shape index (κ1) is 14.8. The third kappa shape index (κ3) is 4.20. The second-order valence-corrected chi connectivity index (χ2v) is 4.32. The van der Waals surface area contributed by atoms with Gasteiger partial charge in [-0.3, -0.25) is 5.32 Å². The number of pyridine rings is 1. The quantitative estimate of drug-likeness (QED) is 0.878. The van der Waals surface area contributed by atoms with Crippen molar-refractivity contribution in [3.8, 4) is 0 Å². The Balaban J connectivity index is 2.00. The molecule has 0 spiro atoms. The Morgan fingerprint density at radius 2 is 1.71 bits per heavy atom. The highest BCUT2D eigenvalue weighted by Gasteiger charge is 2.29. The topological polar surface area (TPSA) is 54.0 Å². The fourth-order valence-electron chi connectivity index (χ4n) is 1.63. The molecule has 0 bridgehead atoms. The molecule has 0 unspecified atom stereocenters. The van der Waals surface area contributed by atoms with Crippen LogP contribution in [-0.4, -0.2) is 11.0 Å². The summed E-state index contributed by atoms with van der Waals surface area (Å²) in [5, 5.41) is 4.92. The maximum absolute atomic E-state index is 12.4. The van der Waals surface area contributed by atoms with E-state index in [1.54, 1.807) is 25.1 Å². The number of hydrogen-bond acceptors (Lipinski definition) is 2. The number of nitrogens with one attached hydrogen (secondary N) is 2. The van der Waals surface area contributed by atoms with Crippen LogP contribution in [0.5, 0.6) is 0 Å². The molecule has 4 nitrogen and oxygen atoms in total. The van der Waals surface area contributed by atoms with Crippen LogP contribution >= 0.6 is 0 Å². The highest BCUT2D eigenvalue weighted by molar-refractivity contribution is 5.99. The summed E-state index contributed by atoms with van der Waals surface area (Å²) in [4.78, 5) is 15.8. The maximum Gasteiger partial charge on any atom is 0.416 e. The van der Waals surface area contributed by atoms with Crippen molar-refractivity contribution in [1.82, 2.24) is 4.98 Å². The van der Waals surface area contributed by atoms with Gasteiger partial charge in [0.15, 0.2) is 0 Å². The molecule has 0 saturated heterocycles. The van der Waals surface area contributed by atoms with E-state index in [4.69, 9.17) is 0 Å². The third-order valence-electron chi connectivity index (χ3n) is 2.60. The fourth-order valence-corrected chi connectivity index (χ4v) is 1.63. The SMILES string of the molecule is Cc1cccc(NC(=O)Nc2ccc(C(F)(F)F)cc2)n1. The third-order valence-corrected chi connectivity index (χ3v) is 2.60. The average Bonchev–Trinajstić information content (AvgIpc) is 2.38. The number of halogens is 3. The Kier molecular flexibility index (Phi) is 4.11. The first-order valence-corrected chi connectivity index (χ1v) is 6.03. The zero-order valence-electron chi connectivity index (χ0n) is 11.0. The second kappa shape index (κ2) is 5.82. The lowest BCUT2D eigenvalue weighted by Crippen LogP contribution is -2.20. The molecule has 0 aliphatic heterocycles. The van der Waals surface area contributed by atoms with Gasteiger partial charge in [0, 0.05) is 11.4 Å². The molecular weight excluding hydrogens is 283 g/mol. The molecule has 0 fully saturated rings. The highest BCUT2D eigenvalue weighted by atomic mass is 19.4. The van der Waals surface area contributed by atoms with Gasteiger partial charge in [-0.2, -0.15) is 13.2 Å². The molecule has 0 atom stereocenters. The second-order valence-electron chi connectivity index (χ2n) is 4.32. The normalized spacial score (nSPS) is 11.0. The molecule has 2 amide bonds. The number of carbonyl (C=O) groups excluding carboxylic acids is 1. The van der Waals surface area contributed by atoms with E-state index in [1.807, 2.05) is 0 Å².